The Balaban J connectivity index is 2.32. The molecule has 3 N–H and O–H groups in total. The molecule has 2 aromatic heterocycles. The Hall–Kier alpha value is -2.24. The summed E-state index contributed by atoms with van der Waals surface area (Å²) in [4.78, 5) is 19.0. The molecule has 1 amide bonds. The summed E-state index contributed by atoms with van der Waals surface area (Å²) < 4.78 is 0. The molecule has 2 heterocycles. The molecule has 0 aliphatic carbocycles. The Morgan fingerprint density at radius 3 is 2.94 bits per heavy atom. The third-order valence-corrected chi connectivity index (χ3v) is 2.50. The van der Waals surface area contributed by atoms with E-state index < -0.39 is 0 Å². The van der Waals surface area contributed by atoms with Gasteiger partial charge in [0.25, 0.3) is 0 Å². The number of aromatic nitrogens is 4. The summed E-state index contributed by atoms with van der Waals surface area (Å²) in [5, 5.41) is 7.07. The fourth-order valence-electron chi connectivity index (χ4n) is 1.64. The monoisotopic (exact) mass is 231 g/mol. The van der Waals surface area contributed by atoms with Gasteiger partial charge in [0.15, 0.2) is 0 Å². The maximum absolute atomic E-state index is 10.8. The number of aryl methyl sites for hydroxylation is 1. The Morgan fingerprint density at radius 2 is 2.29 bits per heavy atom. The lowest BCUT2D eigenvalue weighted by atomic mass is 10.1. The minimum Gasteiger partial charge on any atom is -0.370 e. The van der Waals surface area contributed by atoms with Crippen LogP contribution in [0.15, 0.2) is 18.6 Å². The van der Waals surface area contributed by atoms with Gasteiger partial charge in [0, 0.05) is 30.1 Å². The fraction of sp³-hybridized carbons (Fsp3) is 0.273. The quantitative estimate of drug-likeness (QED) is 0.804. The molecule has 0 aliphatic heterocycles. The fourth-order valence-corrected chi connectivity index (χ4v) is 1.64. The van der Waals surface area contributed by atoms with E-state index in [4.69, 9.17) is 5.73 Å². The average Bonchev–Trinajstić information content (AvgIpc) is 2.69. The van der Waals surface area contributed by atoms with Gasteiger partial charge in [-0.05, 0) is 13.3 Å². The molecule has 2 rings (SSSR count). The van der Waals surface area contributed by atoms with Crippen molar-refractivity contribution < 1.29 is 4.79 Å². The molecular formula is C11H13N5O. The van der Waals surface area contributed by atoms with Crippen molar-refractivity contribution in [2.45, 2.75) is 19.8 Å². The van der Waals surface area contributed by atoms with Crippen LogP contribution in [0.3, 0.4) is 0 Å². The van der Waals surface area contributed by atoms with Gasteiger partial charge in [-0.1, -0.05) is 0 Å². The van der Waals surface area contributed by atoms with Crippen LogP contribution in [-0.4, -0.2) is 26.1 Å². The zero-order valence-electron chi connectivity index (χ0n) is 9.47. The zero-order valence-corrected chi connectivity index (χ0v) is 9.47. The summed E-state index contributed by atoms with van der Waals surface area (Å²) in [6, 6.07) is 0. The third-order valence-electron chi connectivity index (χ3n) is 2.50. The lowest BCUT2D eigenvalue weighted by molar-refractivity contribution is -0.117. The van der Waals surface area contributed by atoms with Crippen LogP contribution in [0.1, 0.15) is 17.7 Å². The van der Waals surface area contributed by atoms with Gasteiger partial charge in [0.2, 0.25) is 5.91 Å². The molecule has 6 nitrogen and oxygen atoms in total. The summed E-state index contributed by atoms with van der Waals surface area (Å²) in [6.45, 7) is 1.91. The first-order valence-corrected chi connectivity index (χ1v) is 5.27. The first-order valence-electron chi connectivity index (χ1n) is 5.27. The van der Waals surface area contributed by atoms with Crippen molar-refractivity contribution >= 4 is 5.91 Å². The number of hydrogen-bond donors (Lipinski definition) is 2. The Bertz CT molecular complexity index is 520. The smallest absolute Gasteiger partial charge is 0.217 e. The molecule has 88 valence electrons. The minimum absolute atomic E-state index is 0.299. The van der Waals surface area contributed by atoms with Crippen LogP contribution in [0, 0.1) is 6.92 Å². The van der Waals surface area contributed by atoms with Crippen molar-refractivity contribution in [3.05, 3.63) is 29.8 Å². The second-order valence-electron chi connectivity index (χ2n) is 3.73. The molecule has 0 saturated carbocycles. The number of nitrogens with one attached hydrogen (secondary N) is 1. The Labute approximate surface area is 98.3 Å². The number of amides is 1. The van der Waals surface area contributed by atoms with E-state index in [1.807, 2.05) is 6.92 Å². The molecule has 0 saturated heterocycles. The van der Waals surface area contributed by atoms with Crippen LogP contribution >= 0.6 is 0 Å². The highest BCUT2D eigenvalue weighted by Crippen LogP contribution is 2.22. The molecule has 0 aromatic carbocycles. The maximum atomic E-state index is 10.8. The van der Waals surface area contributed by atoms with Crippen molar-refractivity contribution in [3.63, 3.8) is 0 Å². The van der Waals surface area contributed by atoms with Gasteiger partial charge >= 0.3 is 0 Å². The third kappa shape index (κ3) is 2.47. The lowest BCUT2D eigenvalue weighted by Crippen LogP contribution is -2.11. The van der Waals surface area contributed by atoms with Gasteiger partial charge in [-0.25, -0.2) is 0 Å². The molecule has 0 spiro atoms. The van der Waals surface area contributed by atoms with Crippen LogP contribution in [0.5, 0.6) is 0 Å². The van der Waals surface area contributed by atoms with Crippen molar-refractivity contribution in [2.24, 2.45) is 5.73 Å². The number of rotatable bonds is 4. The highest BCUT2D eigenvalue weighted by atomic mass is 16.1. The highest BCUT2D eigenvalue weighted by Gasteiger charge is 2.13. The predicted molar refractivity (Wildman–Crippen MR) is 61.9 cm³/mol. The molecule has 0 atom stereocenters. The standard InChI is InChI=1S/C11H13N5O/c1-7-8(2-3-10(12)17)11(16-15-7)9-6-13-4-5-14-9/h4-6H,2-3H2,1H3,(H2,12,17)(H,15,16). The van der Waals surface area contributed by atoms with Crippen LogP contribution in [0.2, 0.25) is 0 Å². The van der Waals surface area contributed by atoms with Crippen LogP contribution in [-0.2, 0) is 11.2 Å². The second kappa shape index (κ2) is 4.73. The van der Waals surface area contributed by atoms with Crippen molar-refractivity contribution in [1.82, 2.24) is 20.2 Å². The zero-order chi connectivity index (χ0) is 12.3. The van der Waals surface area contributed by atoms with Gasteiger partial charge in [0.05, 0.1) is 6.20 Å². The molecule has 0 fully saturated rings. The number of hydrogen-bond acceptors (Lipinski definition) is 4. The first-order chi connectivity index (χ1) is 8.18. The highest BCUT2D eigenvalue weighted by molar-refractivity contribution is 5.74. The van der Waals surface area contributed by atoms with Crippen LogP contribution < -0.4 is 5.73 Å². The van der Waals surface area contributed by atoms with Crippen molar-refractivity contribution in [2.75, 3.05) is 0 Å². The number of primary amides is 1. The Morgan fingerprint density at radius 1 is 1.47 bits per heavy atom. The molecule has 0 unspecified atom stereocenters. The minimum atomic E-state index is -0.323. The normalized spacial score (nSPS) is 10.4. The van der Waals surface area contributed by atoms with E-state index in [-0.39, 0.29) is 5.91 Å². The topological polar surface area (TPSA) is 97.6 Å². The summed E-state index contributed by atoms with van der Waals surface area (Å²) in [5.41, 5.74) is 8.46. The number of nitrogens with two attached hydrogens (primary N) is 1. The van der Waals surface area contributed by atoms with Gasteiger partial charge < -0.3 is 5.73 Å². The summed E-state index contributed by atoms with van der Waals surface area (Å²) in [6.07, 6.45) is 5.71. The number of nitrogens with zero attached hydrogens (tertiary/aromatic N) is 3. The largest absolute Gasteiger partial charge is 0.370 e. The molecule has 0 bridgehead atoms. The van der Waals surface area contributed by atoms with E-state index in [9.17, 15) is 4.79 Å². The van der Waals surface area contributed by atoms with Crippen LogP contribution in [0.4, 0.5) is 0 Å². The van der Waals surface area contributed by atoms with E-state index in [2.05, 4.69) is 20.2 Å². The molecule has 0 radical (unpaired) electrons. The number of H-pyrrole nitrogens is 1. The van der Waals surface area contributed by atoms with Crippen molar-refractivity contribution in [1.29, 1.82) is 0 Å². The molecule has 6 heteroatoms. The van der Waals surface area contributed by atoms with E-state index >= 15 is 0 Å². The number of carbonyl (C=O) groups excluding carboxylic acids is 1. The SMILES string of the molecule is Cc1[nH]nc(-c2cnccn2)c1CCC(N)=O. The van der Waals surface area contributed by atoms with E-state index in [1.54, 1.807) is 18.6 Å². The number of carbonyl (C=O) groups is 1. The van der Waals surface area contributed by atoms with Gasteiger partial charge in [-0.15, -0.1) is 0 Å². The summed E-state index contributed by atoms with van der Waals surface area (Å²) in [5.74, 6) is -0.323. The maximum Gasteiger partial charge on any atom is 0.217 e. The van der Waals surface area contributed by atoms with E-state index in [0.717, 1.165) is 17.0 Å². The summed E-state index contributed by atoms with van der Waals surface area (Å²) >= 11 is 0. The Kier molecular flexibility index (Phi) is 3.13. The lowest BCUT2D eigenvalue weighted by Gasteiger charge is -2.01. The summed E-state index contributed by atoms with van der Waals surface area (Å²) in [7, 11) is 0. The van der Waals surface area contributed by atoms with E-state index in [1.165, 1.54) is 0 Å². The van der Waals surface area contributed by atoms with E-state index in [0.29, 0.717) is 18.5 Å². The van der Waals surface area contributed by atoms with Crippen LogP contribution in [0.25, 0.3) is 11.4 Å². The van der Waals surface area contributed by atoms with Gasteiger partial charge in [-0.2, -0.15) is 5.10 Å². The predicted octanol–water partition coefficient (Wildman–Crippen LogP) is 0.593. The van der Waals surface area contributed by atoms with Gasteiger partial charge in [-0.3, -0.25) is 19.9 Å². The van der Waals surface area contributed by atoms with Gasteiger partial charge in [0.1, 0.15) is 11.4 Å². The molecule has 2 aromatic rings. The molecule has 0 aliphatic rings. The average molecular weight is 231 g/mol. The second-order valence-corrected chi connectivity index (χ2v) is 3.73. The molecule has 17 heavy (non-hydrogen) atoms. The molecular weight excluding hydrogens is 218 g/mol. The first kappa shape index (κ1) is 11.3. The van der Waals surface area contributed by atoms with Crippen molar-refractivity contribution in [3.8, 4) is 11.4 Å². The number of aromatic amines is 1.